The molecule has 1 aromatic rings. The standard InChI is InChI=1S/C27H48/c1-5-6-7-8-9-10-11-12-13-14-15-16-18-23-26(24-27(2,3)4)25-21-19-17-20-22-25/h17,19-22,26H,5-16,18,23-24H2,1-4H3. The molecule has 0 aliphatic rings. The average Bonchev–Trinajstić information content (AvgIpc) is 2.64. The minimum Gasteiger partial charge on any atom is -0.0654 e. The summed E-state index contributed by atoms with van der Waals surface area (Å²) in [5.74, 6) is 0.735. The minimum atomic E-state index is 0.414. The molecule has 0 heterocycles. The van der Waals surface area contributed by atoms with Crippen molar-refractivity contribution >= 4 is 0 Å². The van der Waals surface area contributed by atoms with E-state index in [1.807, 2.05) is 0 Å². The molecule has 156 valence electrons. The van der Waals surface area contributed by atoms with E-state index in [4.69, 9.17) is 0 Å². The predicted molar refractivity (Wildman–Crippen MR) is 124 cm³/mol. The number of unbranched alkanes of at least 4 members (excludes halogenated alkanes) is 12. The highest BCUT2D eigenvalue weighted by Crippen LogP contribution is 2.34. The van der Waals surface area contributed by atoms with Crippen molar-refractivity contribution in [1.82, 2.24) is 0 Å². The van der Waals surface area contributed by atoms with Gasteiger partial charge in [0.1, 0.15) is 0 Å². The van der Waals surface area contributed by atoms with Gasteiger partial charge in [-0.1, -0.05) is 141 Å². The topological polar surface area (TPSA) is 0 Å². The van der Waals surface area contributed by atoms with Crippen molar-refractivity contribution in [2.24, 2.45) is 5.41 Å². The summed E-state index contributed by atoms with van der Waals surface area (Å²) >= 11 is 0. The van der Waals surface area contributed by atoms with E-state index in [1.54, 1.807) is 5.56 Å². The van der Waals surface area contributed by atoms with Gasteiger partial charge in [0.15, 0.2) is 0 Å². The summed E-state index contributed by atoms with van der Waals surface area (Å²) < 4.78 is 0. The van der Waals surface area contributed by atoms with Crippen LogP contribution in [-0.2, 0) is 0 Å². The fraction of sp³-hybridized carbons (Fsp3) is 0.778. The molecule has 1 rings (SSSR count). The number of hydrogen-bond donors (Lipinski definition) is 0. The second kappa shape index (κ2) is 15.2. The van der Waals surface area contributed by atoms with Crippen LogP contribution in [-0.4, -0.2) is 0 Å². The van der Waals surface area contributed by atoms with Gasteiger partial charge in [0.2, 0.25) is 0 Å². The van der Waals surface area contributed by atoms with Crippen LogP contribution < -0.4 is 0 Å². The van der Waals surface area contributed by atoms with E-state index < -0.39 is 0 Å². The average molecular weight is 373 g/mol. The molecule has 0 aromatic heterocycles. The molecule has 0 aliphatic carbocycles. The van der Waals surface area contributed by atoms with E-state index in [-0.39, 0.29) is 0 Å². The fourth-order valence-corrected chi connectivity index (χ4v) is 4.26. The van der Waals surface area contributed by atoms with Crippen molar-refractivity contribution in [3.8, 4) is 0 Å². The van der Waals surface area contributed by atoms with Crippen LogP contribution in [0.25, 0.3) is 0 Å². The molecular formula is C27H48. The van der Waals surface area contributed by atoms with Crippen LogP contribution in [0.2, 0.25) is 0 Å². The summed E-state index contributed by atoms with van der Waals surface area (Å²) in [6.45, 7) is 9.44. The number of benzene rings is 1. The van der Waals surface area contributed by atoms with Gasteiger partial charge in [-0.15, -0.1) is 0 Å². The first kappa shape index (κ1) is 24.3. The van der Waals surface area contributed by atoms with Crippen LogP contribution in [0, 0.1) is 5.41 Å². The molecule has 0 N–H and O–H groups in total. The Morgan fingerprint density at radius 1 is 0.630 bits per heavy atom. The molecule has 0 amide bonds. The number of rotatable bonds is 16. The summed E-state index contributed by atoms with van der Waals surface area (Å²) in [7, 11) is 0. The summed E-state index contributed by atoms with van der Waals surface area (Å²) in [5.41, 5.74) is 1.96. The van der Waals surface area contributed by atoms with Gasteiger partial charge in [-0.2, -0.15) is 0 Å². The molecule has 0 spiro atoms. The lowest BCUT2D eigenvalue weighted by Gasteiger charge is -2.26. The Balaban J connectivity index is 2.06. The maximum Gasteiger partial charge on any atom is -0.0157 e. The lowest BCUT2D eigenvalue weighted by Crippen LogP contribution is -2.12. The second-order valence-electron chi connectivity index (χ2n) is 9.90. The third-order valence-corrected chi connectivity index (χ3v) is 5.79. The smallest absolute Gasteiger partial charge is 0.0157 e. The van der Waals surface area contributed by atoms with Crippen LogP contribution in [0.4, 0.5) is 0 Å². The van der Waals surface area contributed by atoms with Gasteiger partial charge < -0.3 is 0 Å². The quantitative estimate of drug-likeness (QED) is 0.253. The fourth-order valence-electron chi connectivity index (χ4n) is 4.26. The van der Waals surface area contributed by atoms with Crippen LogP contribution >= 0.6 is 0 Å². The Morgan fingerprint density at radius 2 is 1.07 bits per heavy atom. The van der Waals surface area contributed by atoms with Crippen LogP contribution in [0.1, 0.15) is 135 Å². The predicted octanol–water partition coefficient (Wildman–Crippen LogP) is 9.69. The maximum atomic E-state index is 2.38. The first-order chi connectivity index (χ1) is 13.0. The van der Waals surface area contributed by atoms with Crippen LogP contribution in [0.3, 0.4) is 0 Å². The molecule has 1 aromatic carbocycles. The lowest BCUT2D eigenvalue weighted by atomic mass is 9.79. The highest BCUT2D eigenvalue weighted by molar-refractivity contribution is 5.19. The van der Waals surface area contributed by atoms with E-state index in [9.17, 15) is 0 Å². The van der Waals surface area contributed by atoms with Crippen molar-refractivity contribution in [3.63, 3.8) is 0 Å². The monoisotopic (exact) mass is 372 g/mol. The van der Waals surface area contributed by atoms with Crippen molar-refractivity contribution in [2.45, 2.75) is 130 Å². The first-order valence-electron chi connectivity index (χ1n) is 12.1. The third-order valence-electron chi connectivity index (χ3n) is 5.79. The Bertz CT molecular complexity index is 425. The van der Waals surface area contributed by atoms with Crippen molar-refractivity contribution in [2.75, 3.05) is 0 Å². The molecule has 1 atom stereocenters. The molecule has 0 saturated heterocycles. The van der Waals surface area contributed by atoms with E-state index in [1.165, 1.54) is 96.3 Å². The Hall–Kier alpha value is -0.780. The van der Waals surface area contributed by atoms with E-state index in [0.717, 1.165) is 5.92 Å². The van der Waals surface area contributed by atoms with Gasteiger partial charge in [0.05, 0.1) is 0 Å². The van der Waals surface area contributed by atoms with Crippen LogP contribution in [0.5, 0.6) is 0 Å². The zero-order chi connectivity index (χ0) is 19.8. The molecule has 0 heteroatoms. The van der Waals surface area contributed by atoms with E-state index in [0.29, 0.717) is 5.41 Å². The van der Waals surface area contributed by atoms with Gasteiger partial charge in [0, 0.05) is 0 Å². The molecule has 0 saturated carbocycles. The van der Waals surface area contributed by atoms with Gasteiger partial charge in [-0.25, -0.2) is 0 Å². The minimum absolute atomic E-state index is 0.414. The zero-order valence-electron chi connectivity index (χ0n) is 19.1. The summed E-state index contributed by atoms with van der Waals surface area (Å²) in [6.07, 6.45) is 21.4. The van der Waals surface area contributed by atoms with Gasteiger partial charge >= 0.3 is 0 Å². The SMILES string of the molecule is CCCCCCCCCCCCCCCC(CC(C)(C)C)c1ccccc1. The molecule has 1 unspecified atom stereocenters. The molecule has 0 nitrogen and oxygen atoms in total. The van der Waals surface area contributed by atoms with Gasteiger partial charge in [-0.05, 0) is 29.7 Å². The van der Waals surface area contributed by atoms with Crippen molar-refractivity contribution in [3.05, 3.63) is 35.9 Å². The summed E-state index contributed by atoms with van der Waals surface area (Å²) in [6, 6.07) is 11.2. The largest absolute Gasteiger partial charge is 0.0654 e. The van der Waals surface area contributed by atoms with Crippen molar-refractivity contribution in [1.29, 1.82) is 0 Å². The van der Waals surface area contributed by atoms with Gasteiger partial charge in [0.25, 0.3) is 0 Å². The molecular weight excluding hydrogens is 324 g/mol. The Kier molecular flexibility index (Phi) is 13.6. The molecule has 0 aliphatic heterocycles. The maximum absolute atomic E-state index is 2.38. The third kappa shape index (κ3) is 14.0. The van der Waals surface area contributed by atoms with E-state index in [2.05, 4.69) is 58.0 Å². The van der Waals surface area contributed by atoms with Crippen LogP contribution in [0.15, 0.2) is 30.3 Å². The Labute approximate surface area is 171 Å². The summed E-state index contributed by atoms with van der Waals surface area (Å²) in [4.78, 5) is 0. The van der Waals surface area contributed by atoms with Crippen molar-refractivity contribution < 1.29 is 0 Å². The summed E-state index contributed by atoms with van der Waals surface area (Å²) in [5, 5.41) is 0. The molecule has 0 bridgehead atoms. The lowest BCUT2D eigenvalue weighted by molar-refractivity contribution is 0.326. The molecule has 27 heavy (non-hydrogen) atoms. The highest BCUT2D eigenvalue weighted by atomic mass is 14.2. The zero-order valence-corrected chi connectivity index (χ0v) is 19.1. The van der Waals surface area contributed by atoms with Gasteiger partial charge in [-0.3, -0.25) is 0 Å². The first-order valence-corrected chi connectivity index (χ1v) is 12.1. The number of hydrogen-bond acceptors (Lipinski definition) is 0. The normalized spacial score (nSPS) is 13.0. The molecule has 0 fully saturated rings. The van der Waals surface area contributed by atoms with E-state index >= 15 is 0 Å². The Morgan fingerprint density at radius 3 is 1.52 bits per heavy atom. The highest BCUT2D eigenvalue weighted by Gasteiger charge is 2.19. The second-order valence-corrected chi connectivity index (χ2v) is 9.90. The molecule has 0 radical (unpaired) electrons.